The Morgan fingerprint density at radius 1 is 0.432 bits per heavy atom. The summed E-state index contributed by atoms with van der Waals surface area (Å²) in [6.07, 6.45) is 94.0. The number of hydrogen-bond acceptors (Lipinski definition) is 5. The molecule has 0 saturated heterocycles. The number of quaternary nitrogens is 1. The van der Waals surface area contributed by atoms with Crippen molar-refractivity contribution in [3.8, 4) is 0 Å². The number of phosphoric ester groups is 1. The van der Waals surface area contributed by atoms with Gasteiger partial charge in [0.25, 0.3) is 0 Å². The van der Waals surface area contributed by atoms with E-state index in [2.05, 4.69) is 153 Å². The van der Waals surface area contributed by atoms with Gasteiger partial charge in [-0.05, 0) is 109 Å². The summed E-state index contributed by atoms with van der Waals surface area (Å²) in [5, 5.41) is 13.9. The molecular formula is C72H124N2O6P+. The normalized spacial score (nSPS) is 14.7. The van der Waals surface area contributed by atoms with Crippen molar-refractivity contribution in [1.82, 2.24) is 5.32 Å². The van der Waals surface area contributed by atoms with E-state index in [9.17, 15) is 19.4 Å². The van der Waals surface area contributed by atoms with E-state index in [1.54, 1.807) is 6.08 Å². The van der Waals surface area contributed by atoms with E-state index in [4.69, 9.17) is 9.05 Å². The number of hydrogen-bond donors (Lipinski definition) is 3. The minimum atomic E-state index is -4.37. The SMILES string of the molecule is CC/C=C\C/C=C\C/C=C\C/C=C\C/C=C\C/C=C\C/C=C\C/C=C\C/C=C\C/C=C\CCCCCCCCCCCCC(=O)NC(COP(=O)(O)OCC[N+](C)(C)C)C(O)/C=C/CC/C=C/CCCCCCCCCCCCCC. The Morgan fingerprint density at radius 2 is 0.753 bits per heavy atom. The quantitative estimate of drug-likeness (QED) is 0.0243. The van der Waals surface area contributed by atoms with Gasteiger partial charge in [-0.25, -0.2) is 4.57 Å². The van der Waals surface area contributed by atoms with Gasteiger partial charge in [0.1, 0.15) is 13.2 Å². The summed E-state index contributed by atoms with van der Waals surface area (Å²) < 4.78 is 23.7. The van der Waals surface area contributed by atoms with Crippen LogP contribution >= 0.6 is 7.82 Å². The zero-order valence-electron chi connectivity index (χ0n) is 52.7. The van der Waals surface area contributed by atoms with Crippen molar-refractivity contribution < 1.29 is 32.9 Å². The Bertz CT molecular complexity index is 1830. The van der Waals surface area contributed by atoms with Crippen LogP contribution in [0.15, 0.2) is 146 Å². The van der Waals surface area contributed by atoms with Crippen LogP contribution in [0, 0.1) is 0 Å². The highest BCUT2D eigenvalue weighted by atomic mass is 31.2. The van der Waals surface area contributed by atoms with Crippen molar-refractivity contribution in [2.45, 2.75) is 264 Å². The Morgan fingerprint density at radius 3 is 1.14 bits per heavy atom. The average Bonchev–Trinajstić information content (AvgIpc) is 3.43. The lowest BCUT2D eigenvalue weighted by molar-refractivity contribution is -0.870. The molecule has 0 rings (SSSR count). The molecule has 0 fully saturated rings. The second-order valence-electron chi connectivity index (χ2n) is 22.7. The van der Waals surface area contributed by atoms with Crippen molar-refractivity contribution in [2.75, 3.05) is 40.9 Å². The number of nitrogens with zero attached hydrogens (tertiary/aromatic N) is 1. The number of allylic oxidation sites excluding steroid dienone is 23. The van der Waals surface area contributed by atoms with Gasteiger partial charge in [-0.15, -0.1) is 0 Å². The molecule has 0 aromatic carbocycles. The third kappa shape index (κ3) is 63.8. The van der Waals surface area contributed by atoms with E-state index in [0.717, 1.165) is 109 Å². The van der Waals surface area contributed by atoms with Gasteiger partial charge in [0, 0.05) is 6.42 Å². The second kappa shape index (κ2) is 61.0. The lowest BCUT2D eigenvalue weighted by Gasteiger charge is -2.25. The minimum Gasteiger partial charge on any atom is -0.387 e. The maximum Gasteiger partial charge on any atom is 0.472 e. The molecule has 0 aliphatic rings. The smallest absolute Gasteiger partial charge is 0.387 e. The van der Waals surface area contributed by atoms with Gasteiger partial charge in [0.05, 0.1) is 39.9 Å². The summed E-state index contributed by atoms with van der Waals surface area (Å²) in [5.41, 5.74) is 0. The molecule has 3 atom stereocenters. The van der Waals surface area contributed by atoms with Crippen molar-refractivity contribution in [2.24, 2.45) is 0 Å². The van der Waals surface area contributed by atoms with Gasteiger partial charge in [-0.3, -0.25) is 13.8 Å². The van der Waals surface area contributed by atoms with Gasteiger partial charge in [0.15, 0.2) is 0 Å². The lowest BCUT2D eigenvalue weighted by atomic mass is 10.0. The van der Waals surface area contributed by atoms with Gasteiger partial charge in [-0.1, -0.05) is 282 Å². The fourth-order valence-electron chi connectivity index (χ4n) is 8.73. The molecule has 0 aliphatic heterocycles. The molecule has 0 aromatic heterocycles. The van der Waals surface area contributed by atoms with Crippen LogP contribution in [0.3, 0.4) is 0 Å². The molecule has 0 aliphatic carbocycles. The van der Waals surface area contributed by atoms with Crippen LogP contribution in [-0.4, -0.2) is 73.4 Å². The highest BCUT2D eigenvalue weighted by Gasteiger charge is 2.27. The number of carbonyl (C=O) groups is 1. The molecule has 1 amide bonds. The van der Waals surface area contributed by atoms with Crippen molar-refractivity contribution >= 4 is 13.7 Å². The van der Waals surface area contributed by atoms with E-state index in [1.165, 1.54) is 122 Å². The number of carbonyl (C=O) groups excluding carboxylic acids is 1. The zero-order chi connectivity index (χ0) is 59.1. The van der Waals surface area contributed by atoms with Gasteiger partial charge in [0.2, 0.25) is 5.91 Å². The third-order valence-electron chi connectivity index (χ3n) is 13.8. The number of unbranched alkanes of at least 4 members (excludes halogenated alkanes) is 23. The van der Waals surface area contributed by atoms with Gasteiger partial charge < -0.3 is 19.8 Å². The van der Waals surface area contributed by atoms with Crippen LogP contribution in [0.5, 0.6) is 0 Å². The predicted molar refractivity (Wildman–Crippen MR) is 354 cm³/mol. The molecule has 0 spiro atoms. The van der Waals surface area contributed by atoms with Crippen LogP contribution in [0.2, 0.25) is 0 Å². The van der Waals surface area contributed by atoms with E-state index >= 15 is 0 Å². The minimum absolute atomic E-state index is 0.0489. The number of phosphoric acid groups is 1. The molecule has 81 heavy (non-hydrogen) atoms. The Labute approximate surface area is 499 Å². The monoisotopic (exact) mass is 1140 g/mol. The molecule has 0 heterocycles. The Balaban J connectivity index is 4.14. The molecule has 0 aromatic rings. The number of likely N-dealkylation sites (N-methyl/N-ethyl adjacent to an activating group) is 1. The molecule has 9 heteroatoms. The summed E-state index contributed by atoms with van der Waals surface area (Å²) in [7, 11) is 1.54. The average molecular weight is 1140 g/mol. The molecule has 3 N–H and O–H groups in total. The fourth-order valence-corrected chi connectivity index (χ4v) is 9.47. The third-order valence-corrected chi connectivity index (χ3v) is 14.8. The summed E-state index contributed by atoms with van der Waals surface area (Å²) >= 11 is 0. The molecule has 0 saturated carbocycles. The summed E-state index contributed by atoms with van der Waals surface area (Å²) in [4.78, 5) is 23.3. The number of aliphatic hydroxyl groups is 1. The van der Waals surface area contributed by atoms with E-state index in [-0.39, 0.29) is 19.1 Å². The fraction of sp³-hybridized carbons (Fsp3) is 0.653. The predicted octanol–water partition coefficient (Wildman–Crippen LogP) is 20.8. The molecule has 462 valence electrons. The standard InChI is InChI=1S/C72H123N2O6P/c1-6-8-10-12-14-16-18-20-22-24-26-27-28-29-30-31-32-33-34-35-36-37-38-39-40-41-42-43-44-45-46-47-48-50-52-54-56-58-60-62-64-66-72(76)73-70(69-80-81(77,78)79-68-67-74(3,4)5)71(75)65-63-61-59-57-55-53-51-49-25-23-21-19-17-15-13-11-9-7-2/h8,10,14,16,20,22,26-27,29-30,32-33,35-36,38-39,41-42,44-45,55,57,63,65,70-71,75H,6-7,9,11-13,15,17-19,21,23-25,28,31,34,37,40,43,46-54,56,58-62,64,66-69H2,1-5H3,(H-,73,76,77,78)/p+1/b10-8-,16-14-,22-20-,27-26-,30-29-,33-32-,36-35-,39-38-,42-41-,45-44-,57-55+,65-63+. The topological polar surface area (TPSA) is 105 Å². The van der Waals surface area contributed by atoms with E-state index in [0.29, 0.717) is 17.4 Å². The first kappa shape index (κ1) is 77.4. The van der Waals surface area contributed by atoms with Gasteiger partial charge in [-0.2, -0.15) is 0 Å². The molecule has 0 bridgehead atoms. The molecule has 8 nitrogen and oxygen atoms in total. The maximum atomic E-state index is 13.0. The van der Waals surface area contributed by atoms with Crippen LogP contribution in [0.4, 0.5) is 0 Å². The van der Waals surface area contributed by atoms with Crippen LogP contribution in [0.1, 0.15) is 251 Å². The summed E-state index contributed by atoms with van der Waals surface area (Å²) in [5.74, 6) is -0.196. The highest BCUT2D eigenvalue weighted by molar-refractivity contribution is 7.47. The number of amides is 1. The first-order valence-corrected chi connectivity index (χ1v) is 34.2. The number of rotatable bonds is 58. The van der Waals surface area contributed by atoms with Crippen LogP contribution in [0.25, 0.3) is 0 Å². The number of nitrogens with one attached hydrogen (secondary N) is 1. The van der Waals surface area contributed by atoms with Gasteiger partial charge >= 0.3 is 7.82 Å². The largest absolute Gasteiger partial charge is 0.472 e. The van der Waals surface area contributed by atoms with Crippen LogP contribution in [-0.2, 0) is 18.4 Å². The maximum absolute atomic E-state index is 13.0. The van der Waals surface area contributed by atoms with Crippen molar-refractivity contribution in [3.05, 3.63) is 146 Å². The first-order valence-electron chi connectivity index (χ1n) is 32.7. The number of aliphatic hydroxyl groups excluding tert-OH is 1. The molecule has 0 radical (unpaired) electrons. The van der Waals surface area contributed by atoms with Crippen molar-refractivity contribution in [1.29, 1.82) is 0 Å². The Kier molecular flexibility index (Phi) is 58.2. The van der Waals surface area contributed by atoms with E-state index in [1.807, 2.05) is 27.2 Å². The summed E-state index contributed by atoms with van der Waals surface area (Å²) in [6.45, 7) is 4.67. The highest BCUT2D eigenvalue weighted by Crippen LogP contribution is 2.43. The first-order chi connectivity index (χ1) is 39.5. The molecular weight excluding hydrogens is 1020 g/mol. The lowest BCUT2D eigenvalue weighted by Crippen LogP contribution is -2.45. The second-order valence-corrected chi connectivity index (χ2v) is 24.2. The van der Waals surface area contributed by atoms with Crippen molar-refractivity contribution in [3.63, 3.8) is 0 Å². The zero-order valence-corrected chi connectivity index (χ0v) is 53.6. The summed E-state index contributed by atoms with van der Waals surface area (Å²) in [6, 6.07) is -0.876. The molecule has 3 unspecified atom stereocenters. The van der Waals surface area contributed by atoms with E-state index < -0.39 is 20.0 Å². The Hall–Kier alpha value is -3.62. The van der Waals surface area contributed by atoms with Crippen LogP contribution < -0.4 is 5.32 Å².